The number of aliphatic hydroxyl groups is 1. The standard InChI is InChI=1S/C16H34N2O/c1-5-17-12-16(10-8-6-7-9-11-16)13-18(4)15(2,3)14-19/h17,19H,5-14H2,1-4H3. The van der Waals surface area contributed by atoms with Gasteiger partial charge >= 0.3 is 0 Å². The zero-order valence-corrected chi connectivity index (χ0v) is 13.5. The maximum Gasteiger partial charge on any atom is 0.0609 e. The van der Waals surface area contributed by atoms with Crippen LogP contribution in [0.25, 0.3) is 0 Å². The third-order valence-electron chi connectivity index (χ3n) is 4.91. The molecule has 0 aromatic carbocycles. The van der Waals surface area contributed by atoms with E-state index in [9.17, 15) is 5.11 Å². The Morgan fingerprint density at radius 3 is 2.21 bits per heavy atom. The van der Waals surface area contributed by atoms with Crippen LogP contribution >= 0.6 is 0 Å². The first-order valence-corrected chi connectivity index (χ1v) is 7.99. The number of nitrogens with one attached hydrogen (secondary N) is 1. The molecule has 0 aromatic rings. The molecular formula is C16H34N2O. The molecule has 0 spiro atoms. The maximum atomic E-state index is 9.55. The van der Waals surface area contributed by atoms with Crippen LogP contribution in [-0.4, -0.2) is 48.8 Å². The van der Waals surface area contributed by atoms with Gasteiger partial charge in [0.2, 0.25) is 0 Å². The van der Waals surface area contributed by atoms with Crippen LogP contribution < -0.4 is 5.32 Å². The van der Waals surface area contributed by atoms with E-state index >= 15 is 0 Å². The van der Waals surface area contributed by atoms with Crippen molar-refractivity contribution in [1.29, 1.82) is 0 Å². The fraction of sp³-hybridized carbons (Fsp3) is 1.00. The van der Waals surface area contributed by atoms with Gasteiger partial charge in [0.1, 0.15) is 0 Å². The minimum atomic E-state index is -0.120. The summed E-state index contributed by atoms with van der Waals surface area (Å²) in [6.07, 6.45) is 8.15. The molecule has 1 aliphatic rings. The van der Waals surface area contributed by atoms with Crippen molar-refractivity contribution in [3.05, 3.63) is 0 Å². The minimum absolute atomic E-state index is 0.120. The summed E-state index contributed by atoms with van der Waals surface area (Å²) in [5.41, 5.74) is 0.277. The van der Waals surface area contributed by atoms with Crippen molar-refractivity contribution in [2.45, 2.75) is 64.8 Å². The van der Waals surface area contributed by atoms with Gasteiger partial charge in [0, 0.05) is 18.6 Å². The van der Waals surface area contributed by atoms with Crippen molar-refractivity contribution >= 4 is 0 Å². The molecule has 0 amide bonds. The molecule has 0 atom stereocenters. The van der Waals surface area contributed by atoms with E-state index in [1.54, 1.807) is 0 Å². The van der Waals surface area contributed by atoms with Gasteiger partial charge in [-0.25, -0.2) is 0 Å². The topological polar surface area (TPSA) is 35.5 Å². The van der Waals surface area contributed by atoms with E-state index < -0.39 is 0 Å². The second-order valence-corrected chi connectivity index (χ2v) is 7.02. The molecule has 2 N–H and O–H groups in total. The Morgan fingerprint density at radius 1 is 1.16 bits per heavy atom. The summed E-state index contributed by atoms with van der Waals surface area (Å²) in [4.78, 5) is 2.36. The number of likely N-dealkylation sites (N-methyl/N-ethyl adjacent to an activating group) is 1. The Balaban J connectivity index is 2.72. The average molecular weight is 270 g/mol. The number of hydrogen-bond acceptors (Lipinski definition) is 3. The van der Waals surface area contributed by atoms with E-state index in [1.807, 2.05) is 0 Å². The molecule has 1 aliphatic carbocycles. The minimum Gasteiger partial charge on any atom is -0.394 e. The lowest BCUT2D eigenvalue weighted by atomic mass is 9.79. The second-order valence-electron chi connectivity index (χ2n) is 7.02. The van der Waals surface area contributed by atoms with Gasteiger partial charge in [-0.1, -0.05) is 32.6 Å². The maximum absolute atomic E-state index is 9.55. The van der Waals surface area contributed by atoms with Crippen LogP contribution in [0, 0.1) is 5.41 Å². The van der Waals surface area contributed by atoms with E-state index in [0.717, 1.165) is 19.6 Å². The largest absolute Gasteiger partial charge is 0.394 e. The summed E-state index contributed by atoms with van der Waals surface area (Å²) in [5.74, 6) is 0. The van der Waals surface area contributed by atoms with Crippen LogP contribution in [0.15, 0.2) is 0 Å². The van der Waals surface area contributed by atoms with E-state index in [2.05, 4.69) is 38.0 Å². The predicted octanol–water partition coefficient (Wildman–Crippen LogP) is 2.64. The molecule has 0 unspecified atom stereocenters. The Morgan fingerprint density at radius 2 is 1.74 bits per heavy atom. The lowest BCUT2D eigenvalue weighted by Crippen LogP contribution is -2.51. The molecule has 1 saturated carbocycles. The molecule has 114 valence electrons. The van der Waals surface area contributed by atoms with E-state index in [1.165, 1.54) is 38.5 Å². The van der Waals surface area contributed by atoms with Crippen molar-refractivity contribution in [3.8, 4) is 0 Å². The van der Waals surface area contributed by atoms with Gasteiger partial charge in [0.15, 0.2) is 0 Å². The summed E-state index contributed by atoms with van der Waals surface area (Å²) in [5, 5.41) is 13.1. The van der Waals surface area contributed by atoms with E-state index in [0.29, 0.717) is 5.41 Å². The first-order valence-electron chi connectivity index (χ1n) is 7.99. The number of rotatable bonds is 7. The van der Waals surface area contributed by atoms with Gasteiger partial charge in [0.05, 0.1) is 6.61 Å². The zero-order valence-electron chi connectivity index (χ0n) is 13.5. The van der Waals surface area contributed by atoms with Gasteiger partial charge < -0.3 is 10.4 Å². The zero-order chi connectivity index (χ0) is 14.4. The summed E-state index contributed by atoms with van der Waals surface area (Å²) in [6, 6.07) is 0. The molecule has 0 aromatic heterocycles. The summed E-state index contributed by atoms with van der Waals surface area (Å²) < 4.78 is 0. The highest BCUT2D eigenvalue weighted by Gasteiger charge is 2.35. The number of aliphatic hydroxyl groups excluding tert-OH is 1. The predicted molar refractivity (Wildman–Crippen MR) is 82.5 cm³/mol. The van der Waals surface area contributed by atoms with Crippen molar-refractivity contribution < 1.29 is 5.11 Å². The van der Waals surface area contributed by atoms with E-state index in [4.69, 9.17) is 0 Å². The second kappa shape index (κ2) is 7.61. The molecule has 0 heterocycles. The van der Waals surface area contributed by atoms with Crippen LogP contribution in [-0.2, 0) is 0 Å². The van der Waals surface area contributed by atoms with Gasteiger partial charge in [-0.2, -0.15) is 0 Å². The van der Waals surface area contributed by atoms with Crippen LogP contribution in [0.1, 0.15) is 59.3 Å². The van der Waals surface area contributed by atoms with Crippen LogP contribution in [0.4, 0.5) is 0 Å². The van der Waals surface area contributed by atoms with Crippen molar-refractivity contribution in [1.82, 2.24) is 10.2 Å². The third kappa shape index (κ3) is 5.05. The fourth-order valence-corrected chi connectivity index (χ4v) is 3.10. The molecule has 1 rings (SSSR count). The molecule has 0 saturated heterocycles. The number of hydrogen-bond donors (Lipinski definition) is 2. The first kappa shape index (κ1) is 16.9. The lowest BCUT2D eigenvalue weighted by Gasteiger charge is -2.43. The molecule has 19 heavy (non-hydrogen) atoms. The number of nitrogens with zero attached hydrogens (tertiary/aromatic N) is 1. The van der Waals surface area contributed by atoms with Gasteiger partial charge in [-0.05, 0) is 45.7 Å². The highest BCUT2D eigenvalue weighted by Crippen LogP contribution is 2.36. The monoisotopic (exact) mass is 270 g/mol. The fourth-order valence-electron chi connectivity index (χ4n) is 3.10. The van der Waals surface area contributed by atoms with Crippen LogP contribution in [0.3, 0.4) is 0 Å². The van der Waals surface area contributed by atoms with Gasteiger partial charge in [-0.15, -0.1) is 0 Å². The molecular weight excluding hydrogens is 236 g/mol. The Bertz CT molecular complexity index is 245. The van der Waals surface area contributed by atoms with Crippen LogP contribution in [0.5, 0.6) is 0 Å². The van der Waals surface area contributed by atoms with E-state index in [-0.39, 0.29) is 12.1 Å². The lowest BCUT2D eigenvalue weighted by molar-refractivity contribution is 0.0344. The highest BCUT2D eigenvalue weighted by atomic mass is 16.3. The molecule has 3 heteroatoms. The first-order chi connectivity index (χ1) is 8.96. The molecule has 0 aliphatic heterocycles. The smallest absolute Gasteiger partial charge is 0.0609 e. The summed E-state index contributed by atoms with van der Waals surface area (Å²) in [6.45, 7) is 9.93. The van der Waals surface area contributed by atoms with Crippen molar-refractivity contribution in [3.63, 3.8) is 0 Å². The Labute approximate surface area is 119 Å². The molecule has 3 nitrogen and oxygen atoms in total. The summed E-state index contributed by atoms with van der Waals surface area (Å²) >= 11 is 0. The molecule has 1 fully saturated rings. The average Bonchev–Trinajstić information content (AvgIpc) is 2.62. The summed E-state index contributed by atoms with van der Waals surface area (Å²) in [7, 11) is 2.16. The Hall–Kier alpha value is -0.120. The highest BCUT2D eigenvalue weighted by molar-refractivity contribution is 4.90. The molecule has 0 radical (unpaired) electrons. The molecule has 0 bridgehead atoms. The quantitative estimate of drug-likeness (QED) is 0.698. The van der Waals surface area contributed by atoms with Crippen LogP contribution in [0.2, 0.25) is 0 Å². The SMILES string of the molecule is CCNCC1(CN(C)C(C)(C)CO)CCCCCC1. The Kier molecular flexibility index (Phi) is 6.78. The normalized spacial score (nSPS) is 20.5. The van der Waals surface area contributed by atoms with Gasteiger partial charge in [-0.3, -0.25) is 4.90 Å². The van der Waals surface area contributed by atoms with Gasteiger partial charge in [0.25, 0.3) is 0 Å². The third-order valence-corrected chi connectivity index (χ3v) is 4.91. The van der Waals surface area contributed by atoms with Crippen molar-refractivity contribution in [2.24, 2.45) is 5.41 Å². The van der Waals surface area contributed by atoms with Crippen molar-refractivity contribution in [2.75, 3.05) is 33.3 Å².